The van der Waals surface area contributed by atoms with Gasteiger partial charge in [-0.15, -0.1) is 0 Å². The van der Waals surface area contributed by atoms with Gasteiger partial charge in [0.15, 0.2) is 0 Å². The van der Waals surface area contributed by atoms with Crippen LogP contribution in [0.2, 0.25) is 0 Å². The van der Waals surface area contributed by atoms with E-state index in [1.807, 2.05) is 0 Å². The molecule has 2 atom stereocenters. The Balaban J connectivity index is 1.63. The van der Waals surface area contributed by atoms with Gasteiger partial charge in [-0.3, -0.25) is 9.59 Å². The minimum atomic E-state index is -4.49. The lowest BCUT2D eigenvalue weighted by molar-refractivity contribution is -0.137. The van der Waals surface area contributed by atoms with Gasteiger partial charge in [-0.25, -0.2) is 4.79 Å². The van der Waals surface area contributed by atoms with Crippen LogP contribution in [0, 0.1) is 0 Å². The number of nitrogens with one attached hydrogen (secondary N) is 3. The molecule has 1 fully saturated rings. The summed E-state index contributed by atoms with van der Waals surface area (Å²) in [5.74, 6) is -0.850. The van der Waals surface area contributed by atoms with E-state index in [-0.39, 0.29) is 23.8 Å². The second-order valence-electron chi connectivity index (χ2n) is 8.44. The molecule has 3 N–H and O–H groups in total. The largest absolute Gasteiger partial charge is 0.416 e. The van der Waals surface area contributed by atoms with Gasteiger partial charge in [0.25, 0.3) is 5.91 Å². The molecule has 33 heavy (non-hydrogen) atoms. The minimum absolute atomic E-state index is 0.0920. The van der Waals surface area contributed by atoms with E-state index in [9.17, 15) is 27.6 Å². The highest BCUT2D eigenvalue weighted by Gasteiger charge is 2.45. The van der Waals surface area contributed by atoms with Gasteiger partial charge in [-0.2, -0.15) is 13.2 Å². The second-order valence-corrected chi connectivity index (χ2v) is 8.44. The number of anilines is 1. The number of benzene rings is 2. The molecule has 0 saturated carbocycles. The maximum Gasteiger partial charge on any atom is 0.416 e. The molecular formula is C23H23F3N4O3. The van der Waals surface area contributed by atoms with Gasteiger partial charge >= 0.3 is 12.2 Å². The first-order valence-corrected chi connectivity index (χ1v) is 10.5. The number of hydrogen-bond donors (Lipinski definition) is 3. The fourth-order valence-electron chi connectivity index (χ4n) is 4.21. The number of carbonyl (C=O) groups excluding carboxylic acids is 3. The van der Waals surface area contributed by atoms with Crippen molar-refractivity contribution in [2.24, 2.45) is 0 Å². The van der Waals surface area contributed by atoms with Crippen LogP contribution in [0.25, 0.3) is 11.1 Å². The Hall–Kier alpha value is -3.56. The van der Waals surface area contributed by atoms with E-state index >= 15 is 0 Å². The second kappa shape index (κ2) is 8.42. The van der Waals surface area contributed by atoms with Crippen molar-refractivity contribution in [3.8, 4) is 11.1 Å². The molecule has 0 spiro atoms. The summed E-state index contributed by atoms with van der Waals surface area (Å²) in [6, 6.07) is 7.43. The highest BCUT2D eigenvalue weighted by Crippen LogP contribution is 2.35. The quantitative estimate of drug-likeness (QED) is 0.654. The van der Waals surface area contributed by atoms with Gasteiger partial charge in [-0.1, -0.05) is 18.2 Å². The summed E-state index contributed by atoms with van der Waals surface area (Å²) in [4.78, 5) is 39.8. The molecule has 0 radical (unpaired) electrons. The lowest BCUT2D eigenvalue weighted by Crippen LogP contribution is -2.54. The monoisotopic (exact) mass is 460 g/mol. The predicted molar refractivity (Wildman–Crippen MR) is 116 cm³/mol. The van der Waals surface area contributed by atoms with Crippen LogP contribution < -0.4 is 16.0 Å². The number of amides is 4. The summed E-state index contributed by atoms with van der Waals surface area (Å²) in [5, 5.41) is 8.19. The predicted octanol–water partition coefficient (Wildman–Crippen LogP) is 3.62. The first kappa shape index (κ1) is 22.6. The van der Waals surface area contributed by atoms with Gasteiger partial charge in [0.05, 0.1) is 22.9 Å². The van der Waals surface area contributed by atoms with Crippen LogP contribution in [0.3, 0.4) is 0 Å². The number of fused-ring (bicyclic) bond motifs is 2. The first-order valence-electron chi connectivity index (χ1n) is 10.5. The van der Waals surface area contributed by atoms with E-state index in [1.165, 1.54) is 29.2 Å². The highest BCUT2D eigenvalue weighted by molar-refractivity contribution is 6.11. The number of alkyl halides is 3. The van der Waals surface area contributed by atoms with Crippen LogP contribution in [0.1, 0.15) is 36.2 Å². The van der Waals surface area contributed by atoms with Crippen molar-refractivity contribution in [3.05, 3.63) is 53.6 Å². The summed E-state index contributed by atoms with van der Waals surface area (Å²) >= 11 is 0. The number of rotatable bonds is 3. The normalized spacial score (nSPS) is 20.1. The van der Waals surface area contributed by atoms with Crippen molar-refractivity contribution in [2.75, 3.05) is 11.9 Å². The first-order chi connectivity index (χ1) is 15.5. The molecule has 174 valence electrons. The number of hydrogen-bond acceptors (Lipinski definition) is 3. The van der Waals surface area contributed by atoms with Gasteiger partial charge in [0, 0.05) is 12.6 Å². The average Bonchev–Trinajstić information content (AvgIpc) is 3.11. The fraction of sp³-hybridized carbons (Fsp3) is 0.348. The highest BCUT2D eigenvalue weighted by atomic mass is 19.4. The zero-order valence-corrected chi connectivity index (χ0v) is 18.0. The van der Waals surface area contributed by atoms with Gasteiger partial charge < -0.3 is 20.9 Å². The summed E-state index contributed by atoms with van der Waals surface area (Å²) in [5.41, 5.74) is 0.404. The van der Waals surface area contributed by atoms with Crippen LogP contribution in [0.5, 0.6) is 0 Å². The molecule has 1 saturated heterocycles. The molecular weight excluding hydrogens is 437 g/mol. The molecule has 7 nitrogen and oxygen atoms in total. The van der Waals surface area contributed by atoms with E-state index in [2.05, 4.69) is 16.0 Å². The molecule has 0 bridgehead atoms. The standard InChI is InChI=1S/C23H23F3N4O3/c1-12(2)27-22(33)29-18-8-9-30-19(18)20(31)28-17-7-6-14(11-16(17)21(30)32)13-4-3-5-15(10-13)23(24,25)26/h3-7,10-12,18-19H,8-9H2,1-2H3,(H,28,31)(H2,27,29,33)/t18-,19+/m1/s1. The minimum Gasteiger partial charge on any atom is -0.336 e. The number of urea groups is 1. The van der Waals surface area contributed by atoms with Crippen molar-refractivity contribution >= 4 is 23.5 Å². The van der Waals surface area contributed by atoms with Crippen LogP contribution >= 0.6 is 0 Å². The van der Waals surface area contributed by atoms with Crippen LogP contribution in [0.4, 0.5) is 23.7 Å². The maximum absolute atomic E-state index is 13.3. The van der Waals surface area contributed by atoms with Crippen LogP contribution in [-0.2, 0) is 11.0 Å². The summed E-state index contributed by atoms with van der Waals surface area (Å²) in [6.45, 7) is 3.87. The van der Waals surface area contributed by atoms with Gasteiger partial charge in [0.1, 0.15) is 6.04 Å². The maximum atomic E-state index is 13.3. The number of carbonyl (C=O) groups is 3. The third-order valence-corrected chi connectivity index (χ3v) is 5.69. The third-order valence-electron chi connectivity index (χ3n) is 5.69. The van der Waals surface area contributed by atoms with Crippen molar-refractivity contribution in [1.82, 2.24) is 15.5 Å². The van der Waals surface area contributed by atoms with E-state index < -0.39 is 41.7 Å². The molecule has 0 aromatic heterocycles. The zero-order chi connectivity index (χ0) is 23.9. The summed E-state index contributed by atoms with van der Waals surface area (Å²) in [6.07, 6.45) is -4.09. The molecule has 2 heterocycles. The molecule has 10 heteroatoms. The van der Waals surface area contributed by atoms with Crippen molar-refractivity contribution < 1.29 is 27.6 Å². The SMILES string of the molecule is CC(C)NC(=O)N[C@@H]1CCN2C(=O)c3cc(-c4cccc(C(F)(F)F)c4)ccc3NC(=O)[C@H]12. The lowest BCUT2D eigenvalue weighted by atomic mass is 9.99. The van der Waals surface area contributed by atoms with Gasteiger partial charge in [-0.05, 0) is 55.7 Å². The van der Waals surface area contributed by atoms with E-state index in [1.54, 1.807) is 19.9 Å². The zero-order valence-electron chi connectivity index (χ0n) is 18.0. The smallest absolute Gasteiger partial charge is 0.336 e. The Morgan fingerprint density at radius 3 is 2.55 bits per heavy atom. The number of nitrogens with zero attached hydrogens (tertiary/aromatic N) is 1. The molecule has 0 unspecified atom stereocenters. The van der Waals surface area contributed by atoms with Crippen molar-refractivity contribution in [2.45, 2.75) is 44.6 Å². The number of halogens is 3. The average molecular weight is 460 g/mol. The molecule has 2 aromatic carbocycles. The van der Waals surface area contributed by atoms with Crippen molar-refractivity contribution in [1.29, 1.82) is 0 Å². The molecule has 4 amide bonds. The Kier molecular flexibility index (Phi) is 5.77. The Morgan fingerprint density at radius 1 is 1.12 bits per heavy atom. The van der Waals surface area contributed by atoms with Crippen LogP contribution in [0.15, 0.2) is 42.5 Å². The topological polar surface area (TPSA) is 90.5 Å². The summed E-state index contributed by atoms with van der Waals surface area (Å²) in [7, 11) is 0. The molecule has 2 aliphatic rings. The Labute approximate surface area is 188 Å². The fourth-order valence-corrected chi connectivity index (χ4v) is 4.21. The van der Waals surface area contributed by atoms with E-state index in [0.717, 1.165) is 12.1 Å². The third kappa shape index (κ3) is 4.50. The summed E-state index contributed by atoms with van der Waals surface area (Å²) < 4.78 is 39.4. The van der Waals surface area contributed by atoms with Gasteiger partial charge in [0.2, 0.25) is 5.91 Å². The van der Waals surface area contributed by atoms with E-state index in [4.69, 9.17) is 0 Å². The Morgan fingerprint density at radius 2 is 1.85 bits per heavy atom. The molecule has 2 aliphatic heterocycles. The van der Waals surface area contributed by atoms with E-state index in [0.29, 0.717) is 17.5 Å². The molecule has 2 aromatic rings. The van der Waals surface area contributed by atoms with Crippen molar-refractivity contribution in [3.63, 3.8) is 0 Å². The lowest BCUT2D eigenvalue weighted by Gasteiger charge is -2.25. The van der Waals surface area contributed by atoms with Crippen LogP contribution in [-0.4, -0.2) is 47.4 Å². The molecule has 0 aliphatic carbocycles. The molecule has 4 rings (SSSR count). The Bertz CT molecular complexity index is 1120.